The van der Waals surface area contributed by atoms with Gasteiger partial charge in [-0.25, -0.2) is 0 Å². The van der Waals surface area contributed by atoms with Gasteiger partial charge < -0.3 is 14.8 Å². The molecule has 1 heterocycles. The third-order valence-corrected chi connectivity index (χ3v) is 3.32. The Balaban J connectivity index is 2.21. The molecule has 0 saturated carbocycles. The first-order chi connectivity index (χ1) is 8.13. The molecule has 0 aromatic carbocycles. The van der Waals surface area contributed by atoms with Crippen LogP contribution in [0.25, 0.3) is 0 Å². The average molecular weight is 234 g/mol. The van der Waals surface area contributed by atoms with Crippen LogP contribution in [0.4, 0.5) is 0 Å². The molecule has 0 bridgehead atoms. The predicted octanol–water partition coefficient (Wildman–Crippen LogP) is 0.904. The summed E-state index contributed by atoms with van der Waals surface area (Å²) in [5, 5.41) is 9.72. The number of fused-ring (bicyclic) bond motifs is 3. The highest BCUT2D eigenvalue weighted by Gasteiger charge is 2.36. The Kier molecular flexibility index (Phi) is 2.00. The van der Waals surface area contributed by atoms with E-state index in [4.69, 9.17) is 4.74 Å². The Morgan fingerprint density at radius 1 is 1.47 bits per heavy atom. The van der Waals surface area contributed by atoms with E-state index in [1.165, 1.54) is 13.2 Å². The van der Waals surface area contributed by atoms with E-state index in [2.05, 4.69) is 4.98 Å². The van der Waals surface area contributed by atoms with Crippen LogP contribution in [0.15, 0.2) is 11.8 Å². The molecular formula is C12H11NO4. The number of rotatable bonds is 1. The number of aliphatic hydroxyl groups excluding tert-OH is 1. The van der Waals surface area contributed by atoms with Crippen LogP contribution in [0.5, 0.6) is 0 Å². The summed E-state index contributed by atoms with van der Waals surface area (Å²) in [7, 11) is 1.36. The lowest BCUT2D eigenvalue weighted by Crippen LogP contribution is -2.18. The van der Waals surface area contributed by atoms with Gasteiger partial charge in [0.05, 0.1) is 24.5 Å². The second kappa shape index (κ2) is 3.30. The van der Waals surface area contributed by atoms with Crippen molar-refractivity contribution in [1.29, 1.82) is 0 Å². The minimum atomic E-state index is -0.609. The number of aromatic nitrogens is 1. The number of carbonyl (C=O) groups excluding carboxylic acids is 2. The van der Waals surface area contributed by atoms with Gasteiger partial charge in [-0.1, -0.05) is 0 Å². The maximum absolute atomic E-state index is 12.1. The maximum Gasteiger partial charge on any atom is 0.230 e. The van der Waals surface area contributed by atoms with Crippen LogP contribution in [-0.4, -0.2) is 28.8 Å². The van der Waals surface area contributed by atoms with Crippen LogP contribution in [0.2, 0.25) is 0 Å². The largest absolute Gasteiger partial charge is 0.492 e. The summed E-state index contributed by atoms with van der Waals surface area (Å²) in [5.41, 5.74) is 2.01. The minimum absolute atomic E-state index is 0.0608. The summed E-state index contributed by atoms with van der Waals surface area (Å²) in [5.74, 6) is -0.502. The van der Waals surface area contributed by atoms with Gasteiger partial charge in [-0.15, -0.1) is 0 Å². The van der Waals surface area contributed by atoms with Crippen LogP contribution in [-0.2, 0) is 11.2 Å². The van der Waals surface area contributed by atoms with Crippen LogP contribution < -0.4 is 0 Å². The molecule has 88 valence electrons. The van der Waals surface area contributed by atoms with E-state index in [1.807, 2.05) is 0 Å². The number of ether oxygens (including phenoxy) is 1. The van der Waals surface area contributed by atoms with E-state index in [1.54, 1.807) is 0 Å². The van der Waals surface area contributed by atoms with Crippen LogP contribution in [0.3, 0.4) is 0 Å². The van der Waals surface area contributed by atoms with Gasteiger partial charge in [-0.2, -0.15) is 0 Å². The number of carbonyl (C=O) groups is 2. The number of H-pyrrole nitrogens is 1. The standard InChI is InChI=1S/C12H11NO4/c1-17-8-4-7(15)11-9(12(8)16)5-2-3-6(14)10(5)13-11/h4,6,13-14H,2-3H2,1H3/i10+1. The number of aromatic amines is 1. The lowest BCUT2D eigenvalue weighted by Gasteiger charge is -2.11. The van der Waals surface area contributed by atoms with E-state index in [-0.39, 0.29) is 23.0 Å². The highest BCUT2D eigenvalue weighted by atomic mass is 16.5. The second-order valence-electron chi connectivity index (χ2n) is 4.23. The Labute approximate surface area is 97.1 Å². The third kappa shape index (κ3) is 1.23. The molecular weight excluding hydrogens is 223 g/mol. The van der Waals surface area contributed by atoms with Crippen molar-refractivity contribution >= 4 is 11.6 Å². The number of aliphatic hydroxyl groups is 1. The number of ketones is 2. The fourth-order valence-electron chi connectivity index (χ4n) is 2.49. The molecule has 0 radical (unpaired) electrons. The summed E-state index contributed by atoms with van der Waals surface area (Å²) in [6, 6.07) is 0. The lowest BCUT2D eigenvalue weighted by atomic mass is 9.97. The van der Waals surface area contributed by atoms with Gasteiger partial charge in [0.2, 0.25) is 11.6 Å². The highest BCUT2D eigenvalue weighted by Crippen LogP contribution is 2.37. The smallest absolute Gasteiger partial charge is 0.230 e. The molecule has 2 aliphatic rings. The molecule has 0 amide bonds. The highest BCUT2D eigenvalue weighted by molar-refractivity contribution is 6.24. The van der Waals surface area contributed by atoms with E-state index < -0.39 is 6.10 Å². The summed E-state index contributed by atoms with van der Waals surface area (Å²) in [4.78, 5) is 26.7. The molecule has 0 fully saturated rings. The van der Waals surface area contributed by atoms with Crippen molar-refractivity contribution in [2.24, 2.45) is 0 Å². The van der Waals surface area contributed by atoms with Gasteiger partial charge in [0.15, 0.2) is 5.76 Å². The SMILES string of the molecule is COC1=CC(=O)c2[nH][13c]3c(c2C1=O)CCC3O. The van der Waals surface area contributed by atoms with Crippen molar-refractivity contribution in [1.82, 2.24) is 4.98 Å². The van der Waals surface area contributed by atoms with E-state index in [0.717, 1.165) is 5.56 Å². The average Bonchev–Trinajstić information content (AvgIpc) is 2.85. The second-order valence-corrected chi connectivity index (χ2v) is 4.23. The van der Waals surface area contributed by atoms with E-state index >= 15 is 0 Å². The number of nitrogens with one attached hydrogen (secondary N) is 1. The van der Waals surface area contributed by atoms with Crippen molar-refractivity contribution in [2.75, 3.05) is 7.11 Å². The number of methoxy groups -OCH3 is 1. The van der Waals surface area contributed by atoms with Crippen molar-refractivity contribution in [2.45, 2.75) is 18.9 Å². The van der Waals surface area contributed by atoms with Gasteiger partial charge in [-0.05, 0) is 18.4 Å². The molecule has 1 unspecified atom stereocenters. The zero-order chi connectivity index (χ0) is 12.2. The maximum atomic E-state index is 12.1. The van der Waals surface area contributed by atoms with Crippen LogP contribution in [0.1, 0.15) is 44.6 Å². The molecule has 3 rings (SSSR count). The van der Waals surface area contributed by atoms with E-state index in [9.17, 15) is 14.7 Å². The molecule has 1 atom stereocenters. The third-order valence-electron chi connectivity index (χ3n) is 3.32. The first-order valence-corrected chi connectivity index (χ1v) is 5.41. The molecule has 1 aromatic heterocycles. The van der Waals surface area contributed by atoms with Gasteiger partial charge in [0.25, 0.3) is 0 Å². The Morgan fingerprint density at radius 2 is 2.24 bits per heavy atom. The minimum Gasteiger partial charge on any atom is -0.492 e. The monoisotopic (exact) mass is 234 g/mol. The van der Waals surface area contributed by atoms with Crippen LogP contribution in [0, 0.1) is 0 Å². The summed E-state index contributed by atoms with van der Waals surface area (Å²) < 4.78 is 4.90. The molecule has 0 saturated heterocycles. The molecule has 0 spiro atoms. The Bertz CT molecular complexity index is 567. The van der Waals surface area contributed by atoms with Gasteiger partial charge >= 0.3 is 0 Å². The molecule has 2 N–H and O–H groups in total. The van der Waals surface area contributed by atoms with Crippen molar-refractivity contribution in [3.05, 3.63) is 34.3 Å². The summed E-state index contributed by atoms with van der Waals surface area (Å²) in [6.45, 7) is 0. The normalized spacial score (nSPS) is 22.2. The summed E-state index contributed by atoms with van der Waals surface area (Å²) >= 11 is 0. The van der Waals surface area contributed by atoms with Gasteiger partial charge in [-0.3, -0.25) is 9.59 Å². The van der Waals surface area contributed by atoms with Crippen molar-refractivity contribution in [3.63, 3.8) is 0 Å². The topological polar surface area (TPSA) is 79.4 Å². The number of hydrogen-bond donors (Lipinski definition) is 2. The Morgan fingerprint density at radius 3 is 2.94 bits per heavy atom. The Hall–Kier alpha value is -1.88. The van der Waals surface area contributed by atoms with Crippen molar-refractivity contribution in [3.8, 4) is 0 Å². The van der Waals surface area contributed by atoms with Gasteiger partial charge in [0, 0.05) is 11.8 Å². The van der Waals surface area contributed by atoms with E-state index in [0.29, 0.717) is 24.1 Å². The predicted molar refractivity (Wildman–Crippen MR) is 57.8 cm³/mol. The van der Waals surface area contributed by atoms with Gasteiger partial charge in [0.1, 0.15) is 0 Å². The number of allylic oxidation sites excluding steroid dienone is 2. The molecule has 0 aliphatic heterocycles. The fourth-order valence-corrected chi connectivity index (χ4v) is 2.49. The lowest BCUT2D eigenvalue weighted by molar-refractivity contribution is 0.0914. The fraction of sp³-hybridized carbons (Fsp3) is 0.333. The first kappa shape index (κ1) is 10.3. The zero-order valence-electron chi connectivity index (χ0n) is 9.24. The summed E-state index contributed by atoms with van der Waals surface area (Å²) in [6.07, 6.45) is 1.77. The number of hydrogen-bond acceptors (Lipinski definition) is 4. The molecule has 2 aliphatic carbocycles. The molecule has 1 aromatic rings. The van der Waals surface area contributed by atoms with Crippen molar-refractivity contribution < 1.29 is 19.4 Å². The molecule has 5 nitrogen and oxygen atoms in total. The van der Waals surface area contributed by atoms with Crippen LogP contribution >= 0.6 is 0 Å². The number of Topliss-reactive ketones (excluding diaryl/α,β-unsaturated/α-hetero) is 1. The molecule has 17 heavy (non-hydrogen) atoms. The molecule has 5 heteroatoms. The quantitative estimate of drug-likeness (QED) is 0.756. The first-order valence-electron chi connectivity index (χ1n) is 5.41. The zero-order valence-corrected chi connectivity index (χ0v) is 9.24.